The molecule has 2 rings (SSSR count). The van der Waals surface area contributed by atoms with Gasteiger partial charge in [0.15, 0.2) is 0 Å². The number of carbonyl (C=O) groups excluding carboxylic acids is 1. The minimum atomic E-state index is -0.302. The second-order valence-corrected chi connectivity index (χ2v) is 4.93. The van der Waals surface area contributed by atoms with Gasteiger partial charge in [0.2, 0.25) is 0 Å². The first-order valence-corrected chi connectivity index (χ1v) is 6.70. The third-order valence-corrected chi connectivity index (χ3v) is 3.53. The smallest absolute Gasteiger partial charge is 0.339 e. The van der Waals surface area contributed by atoms with E-state index in [2.05, 4.69) is 4.98 Å². The number of ether oxygens (including phenoxy) is 1. The SMILES string of the molecule is CCOC(=O)c1cc(C)c(-c2cccs2)nc1C. The van der Waals surface area contributed by atoms with E-state index in [4.69, 9.17) is 4.74 Å². The van der Waals surface area contributed by atoms with Crippen LogP contribution in [0.2, 0.25) is 0 Å². The van der Waals surface area contributed by atoms with Crippen LogP contribution in [0.4, 0.5) is 0 Å². The van der Waals surface area contributed by atoms with Gasteiger partial charge >= 0.3 is 5.97 Å². The highest BCUT2D eigenvalue weighted by Crippen LogP contribution is 2.27. The van der Waals surface area contributed by atoms with Crippen molar-refractivity contribution in [1.82, 2.24) is 4.98 Å². The van der Waals surface area contributed by atoms with E-state index in [9.17, 15) is 4.79 Å². The molecule has 0 aliphatic carbocycles. The molecule has 94 valence electrons. The first-order chi connectivity index (χ1) is 8.63. The molecule has 0 fully saturated rings. The number of hydrogen-bond donors (Lipinski definition) is 0. The molecule has 18 heavy (non-hydrogen) atoms. The number of esters is 1. The van der Waals surface area contributed by atoms with Crippen LogP contribution in [0.15, 0.2) is 23.6 Å². The highest BCUT2D eigenvalue weighted by Gasteiger charge is 2.15. The van der Waals surface area contributed by atoms with Gasteiger partial charge in [0.05, 0.1) is 28.4 Å². The van der Waals surface area contributed by atoms with Crippen molar-refractivity contribution >= 4 is 17.3 Å². The Hall–Kier alpha value is -1.68. The Morgan fingerprint density at radius 1 is 1.44 bits per heavy atom. The summed E-state index contributed by atoms with van der Waals surface area (Å²) in [6, 6.07) is 5.88. The summed E-state index contributed by atoms with van der Waals surface area (Å²) < 4.78 is 5.02. The molecule has 0 aromatic carbocycles. The molecule has 2 heterocycles. The molecule has 0 N–H and O–H groups in total. The number of nitrogens with zero attached hydrogens (tertiary/aromatic N) is 1. The molecule has 0 bridgehead atoms. The van der Waals surface area contributed by atoms with Crippen molar-refractivity contribution in [2.24, 2.45) is 0 Å². The molecule has 0 amide bonds. The van der Waals surface area contributed by atoms with Crippen LogP contribution in [0.1, 0.15) is 28.5 Å². The van der Waals surface area contributed by atoms with E-state index in [-0.39, 0.29) is 5.97 Å². The van der Waals surface area contributed by atoms with Crippen LogP contribution in [-0.4, -0.2) is 17.6 Å². The van der Waals surface area contributed by atoms with Gasteiger partial charge in [-0.25, -0.2) is 4.79 Å². The van der Waals surface area contributed by atoms with Gasteiger partial charge in [-0.1, -0.05) is 6.07 Å². The normalized spacial score (nSPS) is 10.4. The van der Waals surface area contributed by atoms with E-state index < -0.39 is 0 Å². The largest absolute Gasteiger partial charge is 0.462 e. The fourth-order valence-electron chi connectivity index (χ4n) is 1.78. The maximum Gasteiger partial charge on any atom is 0.339 e. The van der Waals surface area contributed by atoms with E-state index in [1.165, 1.54) is 0 Å². The van der Waals surface area contributed by atoms with Crippen LogP contribution in [0.25, 0.3) is 10.6 Å². The molecular formula is C14H15NO2S. The van der Waals surface area contributed by atoms with Crippen molar-refractivity contribution in [3.8, 4) is 10.6 Å². The number of carbonyl (C=O) groups is 1. The number of hydrogen-bond acceptors (Lipinski definition) is 4. The van der Waals surface area contributed by atoms with Crippen LogP contribution in [0, 0.1) is 13.8 Å². The van der Waals surface area contributed by atoms with E-state index in [1.54, 1.807) is 18.3 Å². The van der Waals surface area contributed by atoms with Gasteiger partial charge in [-0.2, -0.15) is 0 Å². The molecule has 0 aliphatic rings. The summed E-state index contributed by atoms with van der Waals surface area (Å²) in [7, 11) is 0. The summed E-state index contributed by atoms with van der Waals surface area (Å²) in [5, 5.41) is 2.02. The second-order valence-electron chi connectivity index (χ2n) is 3.98. The maximum absolute atomic E-state index is 11.8. The van der Waals surface area contributed by atoms with Crippen molar-refractivity contribution in [1.29, 1.82) is 0 Å². The topological polar surface area (TPSA) is 39.2 Å². The first kappa shape index (κ1) is 12.8. The van der Waals surface area contributed by atoms with Gasteiger partial charge in [-0.05, 0) is 43.8 Å². The standard InChI is InChI=1S/C14H15NO2S/c1-4-17-14(16)11-8-9(2)13(15-10(11)3)12-6-5-7-18-12/h5-8H,4H2,1-3H3. The summed E-state index contributed by atoms with van der Waals surface area (Å²) >= 11 is 1.64. The molecule has 3 nitrogen and oxygen atoms in total. The van der Waals surface area contributed by atoms with E-state index in [1.807, 2.05) is 37.4 Å². The number of thiophene rings is 1. The van der Waals surface area contributed by atoms with Gasteiger partial charge in [0.1, 0.15) is 0 Å². The van der Waals surface area contributed by atoms with Crippen LogP contribution in [0.3, 0.4) is 0 Å². The quantitative estimate of drug-likeness (QED) is 0.792. The Kier molecular flexibility index (Phi) is 3.77. The number of aryl methyl sites for hydroxylation is 2. The first-order valence-electron chi connectivity index (χ1n) is 5.82. The van der Waals surface area contributed by atoms with E-state index in [0.717, 1.165) is 16.1 Å². The van der Waals surface area contributed by atoms with Crippen molar-refractivity contribution < 1.29 is 9.53 Å². The van der Waals surface area contributed by atoms with Crippen LogP contribution in [0.5, 0.6) is 0 Å². The molecule has 0 saturated heterocycles. The molecule has 0 radical (unpaired) electrons. The maximum atomic E-state index is 11.8. The lowest BCUT2D eigenvalue weighted by molar-refractivity contribution is 0.0525. The lowest BCUT2D eigenvalue weighted by Gasteiger charge is -2.09. The van der Waals surface area contributed by atoms with Gasteiger partial charge in [0, 0.05) is 0 Å². The Labute approximate surface area is 110 Å². The molecule has 0 aliphatic heterocycles. The number of pyridine rings is 1. The number of rotatable bonds is 3. The predicted molar refractivity (Wildman–Crippen MR) is 73.0 cm³/mol. The summed E-state index contributed by atoms with van der Waals surface area (Å²) in [4.78, 5) is 17.4. The fraction of sp³-hybridized carbons (Fsp3) is 0.286. The monoisotopic (exact) mass is 261 g/mol. The van der Waals surface area contributed by atoms with E-state index in [0.29, 0.717) is 17.9 Å². The molecule has 0 unspecified atom stereocenters. The zero-order valence-electron chi connectivity index (χ0n) is 10.7. The lowest BCUT2D eigenvalue weighted by Crippen LogP contribution is -2.09. The summed E-state index contributed by atoms with van der Waals surface area (Å²) in [6.45, 7) is 5.98. The lowest BCUT2D eigenvalue weighted by atomic mass is 10.1. The number of aromatic nitrogens is 1. The molecule has 0 spiro atoms. The average Bonchev–Trinajstić information content (AvgIpc) is 2.85. The highest BCUT2D eigenvalue weighted by molar-refractivity contribution is 7.13. The van der Waals surface area contributed by atoms with E-state index >= 15 is 0 Å². The third kappa shape index (κ3) is 2.43. The highest BCUT2D eigenvalue weighted by atomic mass is 32.1. The van der Waals surface area contributed by atoms with Crippen LogP contribution < -0.4 is 0 Å². The van der Waals surface area contributed by atoms with Crippen LogP contribution >= 0.6 is 11.3 Å². The Morgan fingerprint density at radius 3 is 2.83 bits per heavy atom. The average molecular weight is 261 g/mol. The van der Waals surface area contributed by atoms with Gasteiger partial charge in [-0.15, -0.1) is 11.3 Å². The molecule has 2 aromatic heterocycles. The van der Waals surface area contributed by atoms with Crippen LogP contribution in [-0.2, 0) is 4.74 Å². The second kappa shape index (κ2) is 5.31. The van der Waals surface area contributed by atoms with Crippen molar-refractivity contribution in [2.45, 2.75) is 20.8 Å². The minimum absolute atomic E-state index is 0.302. The molecule has 0 atom stereocenters. The molecule has 4 heteroatoms. The van der Waals surface area contributed by atoms with Crippen molar-refractivity contribution in [3.63, 3.8) is 0 Å². The van der Waals surface area contributed by atoms with Gasteiger partial charge in [-0.3, -0.25) is 4.98 Å². The van der Waals surface area contributed by atoms with Gasteiger partial charge in [0.25, 0.3) is 0 Å². The summed E-state index contributed by atoms with van der Waals surface area (Å²) in [5.74, 6) is -0.302. The Morgan fingerprint density at radius 2 is 2.22 bits per heavy atom. The molecular weight excluding hydrogens is 246 g/mol. The zero-order valence-corrected chi connectivity index (χ0v) is 11.5. The minimum Gasteiger partial charge on any atom is -0.462 e. The molecule has 0 saturated carbocycles. The summed E-state index contributed by atoms with van der Waals surface area (Å²) in [6.07, 6.45) is 0. The Balaban J connectivity index is 2.44. The Bertz CT molecular complexity index is 561. The summed E-state index contributed by atoms with van der Waals surface area (Å²) in [5.41, 5.74) is 3.19. The van der Waals surface area contributed by atoms with Gasteiger partial charge < -0.3 is 4.74 Å². The fourth-order valence-corrected chi connectivity index (χ4v) is 2.56. The van der Waals surface area contributed by atoms with Crippen molar-refractivity contribution in [3.05, 3.63) is 40.4 Å². The van der Waals surface area contributed by atoms with Crippen molar-refractivity contribution in [2.75, 3.05) is 6.61 Å². The third-order valence-electron chi connectivity index (χ3n) is 2.65. The zero-order chi connectivity index (χ0) is 13.1. The predicted octanol–water partition coefficient (Wildman–Crippen LogP) is 3.60. The molecule has 2 aromatic rings.